The van der Waals surface area contributed by atoms with Gasteiger partial charge in [-0.2, -0.15) is 0 Å². The number of aliphatic hydroxyl groups is 1. The van der Waals surface area contributed by atoms with Crippen LogP contribution in [0.25, 0.3) is 0 Å². The number of halogens is 1. The fourth-order valence-corrected chi connectivity index (χ4v) is 2.01. The Morgan fingerprint density at radius 1 is 1.33 bits per heavy atom. The van der Waals surface area contributed by atoms with Crippen LogP contribution in [-0.2, 0) is 0 Å². The van der Waals surface area contributed by atoms with E-state index in [1.165, 1.54) is 0 Å². The maximum absolute atomic E-state index is 9.01. The molecule has 21 heavy (non-hydrogen) atoms. The van der Waals surface area contributed by atoms with Crippen molar-refractivity contribution in [3.05, 3.63) is 24.3 Å². The van der Waals surface area contributed by atoms with E-state index in [4.69, 9.17) is 15.6 Å². The van der Waals surface area contributed by atoms with Crippen LogP contribution in [0.1, 0.15) is 26.2 Å². The first-order chi connectivity index (χ1) is 9.69. The average Bonchev–Trinajstić information content (AvgIpc) is 2.46. The van der Waals surface area contributed by atoms with E-state index in [9.17, 15) is 0 Å². The fourth-order valence-electron chi connectivity index (χ4n) is 2.01. The van der Waals surface area contributed by atoms with Crippen LogP contribution in [0.5, 0.6) is 5.75 Å². The summed E-state index contributed by atoms with van der Waals surface area (Å²) >= 11 is 0. The zero-order valence-corrected chi connectivity index (χ0v) is 15.0. The number of guanidine groups is 1. The van der Waals surface area contributed by atoms with Gasteiger partial charge in [-0.15, -0.1) is 24.0 Å². The molecule has 4 N–H and O–H groups in total. The quantitative estimate of drug-likeness (QED) is 0.352. The number of rotatable bonds is 8. The van der Waals surface area contributed by atoms with Crippen LogP contribution in [0.3, 0.4) is 0 Å². The lowest BCUT2D eigenvalue weighted by molar-refractivity contribution is 0.253. The summed E-state index contributed by atoms with van der Waals surface area (Å²) in [4.78, 5) is 4.34. The minimum atomic E-state index is 0. The minimum Gasteiger partial charge on any atom is -0.497 e. The molecule has 120 valence electrons. The van der Waals surface area contributed by atoms with Crippen LogP contribution < -0.4 is 15.8 Å². The van der Waals surface area contributed by atoms with Crippen molar-refractivity contribution in [2.24, 2.45) is 16.6 Å². The van der Waals surface area contributed by atoms with Gasteiger partial charge in [-0.1, -0.05) is 13.3 Å². The molecule has 0 heterocycles. The lowest BCUT2D eigenvalue weighted by atomic mass is 10.0. The van der Waals surface area contributed by atoms with E-state index >= 15 is 0 Å². The Morgan fingerprint density at radius 3 is 2.52 bits per heavy atom. The van der Waals surface area contributed by atoms with Crippen molar-refractivity contribution in [1.82, 2.24) is 0 Å². The third kappa shape index (κ3) is 8.11. The van der Waals surface area contributed by atoms with Crippen LogP contribution >= 0.6 is 24.0 Å². The Hall–Kier alpha value is -1.02. The molecule has 6 heteroatoms. The highest BCUT2D eigenvalue weighted by Crippen LogP contribution is 2.15. The van der Waals surface area contributed by atoms with Crippen molar-refractivity contribution in [3.8, 4) is 5.75 Å². The molecule has 0 aliphatic rings. The number of methoxy groups -OCH3 is 1. The van der Waals surface area contributed by atoms with Crippen molar-refractivity contribution >= 4 is 35.6 Å². The van der Waals surface area contributed by atoms with Gasteiger partial charge < -0.3 is 20.9 Å². The number of benzene rings is 1. The Labute approximate surface area is 144 Å². The highest BCUT2D eigenvalue weighted by Gasteiger charge is 2.06. The number of aliphatic imine (C=N–C) groups is 1. The van der Waals surface area contributed by atoms with E-state index in [2.05, 4.69) is 17.2 Å². The Kier molecular flexibility index (Phi) is 11.1. The predicted octanol–water partition coefficient (Wildman–Crippen LogP) is 2.84. The largest absolute Gasteiger partial charge is 0.497 e. The second-order valence-corrected chi connectivity index (χ2v) is 4.75. The summed E-state index contributed by atoms with van der Waals surface area (Å²) in [7, 11) is 1.63. The van der Waals surface area contributed by atoms with Gasteiger partial charge >= 0.3 is 0 Å². The lowest BCUT2D eigenvalue weighted by Gasteiger charge is -2.13. The Balaban J connectivity index is 0.00000400. The maximum atomic E-state index is 9.01. The number of ether oxygens (including phenoxy) is 1. The third-order valence-corrected chi connectivity index (χ3v) is 3.12. The van der Waals surface area contributed by atoms with Crippen molar-refractivity contribution in [1.29, 1.82) is 0 Å². The number of nitrogens with one attached hydrogen (secondary N) is 1. The third-order valence-electron chi connectivity index (χ3n) is 3.12. The molecule has 5 nitrogen and oxygen atoms in total. The molecule has 1 rings (SSSR count). The summed E-state index contributed by atoms with van der Waals surface area (Å²) in [6.45, 7) is 2.97. The summed E-state index contributed by atoms with van der Waals surface area (Å²) in [5.41, 5.74) is 6.74. The predicted molar refractivity (Wildman–Crippen MR) is 98.6 cm³/mol. The van der Waals surface area contributed by atoms with E-state index < -0.39 is 0 Å². The van der Waals surface area contributed by atoms with Gasteiger partial charge in [0, 0.05) is 18.8 Å². The van der Waals surface area contributed by atoms with Gasteiger partial charge in [-0.05, 0) is 43.0 Å². The molecular formula is C15H26IN3O2. The summed E-state index contributed by atoms with van der Waals surface area (Å²) in [5, 5.41) is 12.0. The highest BCUT2D eigenvalue weighted by molar-refractivity contribution is 14.0. The standard InChI is InChI=1S/C15H25N3O2.HI/c1-3-4-12(9-10-19)11-17-15(16)18-13-5-7-14(20-2)8-6-13;/h5-8,12,19H,3-4,9-11H2,1-2H3,(H3,16,17,18);1H. The van der Waals surface area contributed by atoms with Crippen molar-refractivity contribution in [2.75, 3.05) is 25.6 Å². The summed E-state index contributed by atoms with van der Waals surface area (Å²) in [6, 6.07) is 7.50. The first-order valence-electron chi connectivity index (χ1n) is 7.01. The van der Waals surface area contributed by atoms with Gasteiger partial charge in [0.15, 0.2) is 5.96 Å². The van der Waals surface area contributed by atoms with E-state index in [1.54, 1.807) is 7.11 Å². The minimum absolute atomic E-state index is 0. The molecule has 1 aromatic rings. The van der Waals surface area contributed by atoms with Crippen LogP contribution in [0.2, 0.25) is 0 Å². The molecule has 1 unspecified atom stereocenters. The molecule has 0 saturated heterocycles. The van der Waals surface area contributed by atoms with Gasteiger partial charge in [-0.3, -0.25) is 4.99 Å². The number of anilines is 1. The molecule has 0 spiro atoms. The van der Waals surface area contributed by atoms with Gasteiger partial charge in [0.25, 0.3) is 0 Å². The smallest absolute Gasteiger partial charge is 0.193 e. The Morgan fingerprint density at radius 2 is 2.00 bits per heavy atom. The topological polar surface area (TPSA) is 79.9 Å². The summed E-state index contributed by atoms with van der Waals surface area (Å²) < 4.78 is 5.09. The molecule has 0 bridgehead atoms. The van der Waals surface area contributed by atoms with E-state index in [-0.39, 0.29) is 30.6 Å². The van der Waals surface area contributed by atoms with Crippen molar-refractivity contribution < 1.29 is 9.84 Å². The number of aliphatic hydroxyl groups excluding tert-OH is 1. The van der Waals surface area contributed by atoms with Gasteiger partial charge in [0.05, 0.1) is 7.11 Å². The lowest BCUT2D eigenvalue weighted by Crippen LogP contribution is -2.24. The summed E-state index contributed by atoms with van der Waals surface area (Å²) in [6.07, 6.45) is 2.92. The average molecular weight is 407 g/mol. The van der Waals surface area contributed by atoms with E-state index in [0.29, 0.717) is 18.4 Å². The zero-order valence-electron chi connectivity index (χ0n) is 12.7. The van der Waals surface area contributed by atoms with Crippen LogP contribution in [0.4, 0.5) is 5.69 Å². The Bertz CT molecular complexity index is 404. The van der Waals surface area contributed by atoms with E-state index in [0.717, 1.165) is 30.7 Å². The fraction of sp³-hybridized carbons (Fsp3) is 0.533. The van der Waals surface area contributed by atoms with Crippen LogP contribution in [0, 0.1) is 5.92 Å². The molecule has 0 aromatic heterocycles. The second-order valence-electron chi connectivity index (χ2n) is 4.75. The molecule has 0 fully saturated rings. The molecule has 0 aliphatic carbocycles. The normalized spacial score (nSPS) is 12.4. The van der Waals surface area contributed by atoms with Crippen molar-refractivity contribution in [3.63, 3.8) is 0 Å². The molecular weight excluding hydrogens is 381 g/mol. The second kappa shape index (κ2) is 11.6. The number of hydrogen-bond acceptors (Lipinski definition) is 3. The van der Waals surface area contributed by atoms with E-state index in [1.807, 2.05) is 24.3 Å². The summed E-state index contributed by atoms with van der Waals surface area (Å²) in [5.74, 6) is 1.59. The van der Waals surface area contributed by atoms with Crippen LogP contribution in [-0.4, -0.2) is 31.3 Å². The molecule has 1 aromatic carbocycles. The van der Waals surface area contributed by atoms with Crippen LogP contribution in [0.15, 0.2) is 29.3 Å². The monoisotopic (exact) mass is 407 g/mol. The van der Waals surface area contributed by atoms with Gasteiger partial charge in [0.1, 0.15) is 5.75 Å². The van der Waals surface area contributed by atoms with Gasteiger partial charge in [-0.25, -0.2) is 0 Å². The number of hydrogen-bond donors (Lipinski definition) is 3. The number of nitrogens with two attached hydrogens (primary N) is 1. The molecule has 0 radical (unpaired) electrons. The molecule has 0 aliphatic heterocycles. The first kappa shape index (κ1) is 20.0. The maximum Gasteiger partial charge on any atom is 0.193 e. The SMILES string of the molecule is CCCC(CCO)CN=C(N)Nc1ccc(OC)cc1.I. The van der Waals surface area contributed by atoms with Crippen molar-refractivity contribution in [2.45, 2.75) is 26.2 Å². The van der Waals surface area contributed by atoms with Gasteiger partial charge in [0.2, 0.25) is 0 Å². The molecule has 0 amide bonds. The number of nitrogens with zero attached hydrogens (tertiary/aromatic N) is 1. The zero-order chi connectivity index (χ0) is 14.8. The first-order valence-corrected chi connectivity index (χ1v) is 7.01. The molecule has 1 atom stereocenters. The highest BCUT2D eigenvalue weighted by atomic mass is 127. The molecule has 0 saturated carbocycles.